The summed E-state index contributed by atoms with van der Waals surface area (Å²) >= 11 is 0. The van der Waals surface area contributed by atoms with E-state index in [1.807, 2.05) is 0 Å². The van der Waals surface area contributed by atoms with Crippen LogP contribution in [0.4, 0.5) is 0 Å². The fraction of sp³-hybridized carbons (Fsp3) is 0.0357. The number of para-hydroxylation sites is 6. The van der Waals surface area contributed by atoms with Crippen molar-refractivity contribution in [2.75, 3.05) is 0 Å². The average molecular weight is 763 g/mol. The normalized spacial score (nSPS) is 12.8. The lowest BCUT2D eigenvalue weighted by Crippen LogP contribution is -1.94. The number of aromatic nitrogens is 4. The second kappa shape index (κ2) is 10.6. The van der Waals surface area contributed by atoms with Crippen LogP contribution in [0.3, 0.4) is 0 Å². The van der Waals surface area contributed by atoms with E-state index in [4.69, 9.17) is 0 Å². The summed E-state index contributed by atoms with van der Waals surface area (Å²) in [7, 11) is 0. The Morgan fingerprint density at radius 1 is 0.250 bits per heavy atom. The first kappa shape index (κ1) is 31.2. The van der Waals surface area contributed by atoms with E-state index < -0.39 is 0 Å². The molecule has 0 unspecified atom stereocenters. The maximum Gasteiger partial charge on any atom is 0.0642 e. The van der Waals surface area contributed by atoms with Crippen molar-refractivity contribution < 1.29 is 0 Å². The molecule has 6 aromatic heterocycles. The summed E-state index contributed by atoms with van der Waals surface area (Å²) < 4.78 is 10.2. The van der Waals surface area contributed by atoms with E-state index >= 15 is 0 Å². The molecule has 9 aromatic carbocycles. The third kappa shape index (κ3) is 3.43. The summed E-state index contributed by atoms with van der Waals surface area (Å²) in [5, 5.41) is 15.7. The van der Waals surface area contributed by atoms with E-state index in [1.54, 1.807) is 0 Å². The summed E-state index contributed by atoms with van der Waals surface area (Å²) in [5.41, 5.74) is 17.7. The van der Waals surface area contributed by atoms with Gasteiger partial charge in [0, 0.05) is 76.0 Å². The van der Waals surface area contributed by atoms with Crippen LogP contribution in [-0.4, -0.2) is 17.9 Å². The number of hydrogen-bond acceptors (Lipinski definition) is 0. The molecule has 0 aliphatic heterocycles. The second-order valence-corrected chi connectivity index (χ2v) is 16.9. The number of aryl methyl sites for hydroxylation is 2. The van der Waals surface area contributed by atoms with Crippen LogP contribution in [0.15, 0.2) is 170 Å². The van der Waals surface area contributed by atoms with Crippen molar-refractivity contribution in [3.63, 3.8) is 0 Å². The topological polar surface area (TPSA) is 18.7 Å². The third-order valence-electron chi connectivity index (χ3n) is 14.1. The molecule has 4 heteroatoms. The molecule has 0 aliphatic rings. The highest BCUT2D eigenvalue weighted by molar-refractivity contribution is 6.36. The van der Waals surface area contributed by atoms with E-state index in [1.165, 1.54) is 142 Å². The molecule has 0 saturated carbocycles. The first-order chi connectivity index (χ1) is 29.7. The Hall–Kier alpha value is -7.82. The van der Waals surface area contributed by atoms with Crippen molar-refractivity contribution in [2.24, 2.45) is 0 Å². The quantitative estimate of drug-likeness (QED) is 0.167. The largest absolute Gasteiger partial charge is 0.309 e. The van der Waals surface area contributed by atoms with Gasteiger partial charge in [0.1, 0.15) is 0 Å². The van der Waals surface area contributed by atoms with Crippen molar-refractivity contribution in [3.8, 4) is 11.4 Å². The predicted molar refractivity (Wildman–Crippen MR) is 254 cm³/mol. The van der Waals surface area contributed by atoms with Gasteiger partial charge in [-0.1, -0.05) is 121 Å². The molecule has 15 rings (SSSR count). The SMILES string of the molecule is Cc1c2c3cccc4c5ccc6c(c7ccccc7n6-c6ccccc6)c5n(c2c(C)c2c5cccc6c7ccc8c(c9ccccc9n8-c8ccccc8)c7n(c12)c65)c43. The first-order valence-electron chi connectivity index (χ1n) is 21.0. The Bertz CT molecular complexity index is 4060. The Kier molecular flexibility index (Phi) is 5.52. The van der Waals surface area contributed by atoms with Crippen LogP contribution < -0.4 is 0 Å². The maximum atomic E-state index is 2.65. The van der Waals surface area contributed by atoms with Gasteiger partial charge in [-0.05, 0) is 73.5 Å². The molecule has 4 nitrogen and oxygen atoms in total. The molecule has 60 heavy (non-hydrogen) atoms. The fourth-order valence-corrected chi connectivity index (χ4v) is 12.0. The lowest BCUT2D eigenvalue weighted by molar-refractivity contribution is 1.18. The Labute approximate surface area is 342 Å². The zero-order valence-electron chi connectivity index (χ0n) is 33.0. The van der Waals surface area contributed by atoms with Gasteiger partial charge in [-0.25, -0.2) is 0 Å². The highest BCUT2D eigenvalue weighted by Crippen LogP contribution is 2.51. The van der Waals surface area contributed by atoms with Crippen molar-refractivity contribution in [1.29, 1.82) is 0 Å². The van der Waals surface area contributed by atoms with E-state index in [9.17, 15) is 0 Å². The zero-order valence-corrected chi connectivity index (χ0v) is 33.0. The standard InChI is InChI=1S/C56H34N4/c1-31-47-41-23-13-21-35-38-28-30-46-50(40-20-10-12-26-44(40)58(46)34-17-7-4-8-18-34)56(38)60(53(35)41)52(47)32(2)48-42-24-14-22-36-37-27-29-45-49(55(37)59(51(31)48)54(36)42)39-19-9-11-25-43(39)57(45)33-15-5-3-6-16-33/h3-30H,1-2H3. The monoisotopic (exact) mass is 762 g/mol. The van der Waals surface area contributed by atoms with Gasteiger partial charge in [0.25, 0.3) is 0 Å². The number of fused-ring (bicyclic) bond motifs is 20. The molecule has 0 saturated heterocycles. The minimum atomic E-state index is 1.18. The summed E-state index contributed by atoms with van der Waals surface area (Å²) in [6.45, 7) is 4.77. The van der Waals surface area contributed by atoms with Gasteiger partial charge in [-0.15, -0.1) is 0 Å². The molecule has 278 valence electrons. The van der Waals surface area contributed by atoms with E-state index in [0.29, 0.717) is 0 Å². The Balaban J connectivity index is 1.18. The van der Waals surface area contributed by atoms with Crippen LogP contribution in [-0.2, 0) is 0 Å². The number of benzene rings is 9. The van der Waals surface area contributed by atoms with Crippen molar-refractivity contribution in [1.82, 2.24) is 17.9 Å². The molecule has 0 radical (unpaired) electrons. The predicted octanol–water partition coefficient (Wildman–Crippen LogP) is 14.8. The van der Waals surface area contributed by atoms with Gasteiger partial charge in [0.15, 0.2) is 0 Å². The summed E-state index contributed by atoms with van der Waals surface area (Å²) in [4.78, 5) is 0. The molecular formula is C56H34N4. The van der Waals surface area contributed by atoms with E-state index in [2.05, 4.69) is 202 Å². The first-order valence-corrected chi connectivity index (χ1v) is 21.0. The van der Waals surface area contributed by atoms with Gasteiger partial charge in [-0.3, -0.25) is 0 Å². The van der Waals surface area contributed by atoms with E-state index in [0.717, 1.165) is 0 Å². The number of nitrogens with zero attached hydrogens (tertiary/aromatic N) is 4. The van der Waals surface area contributed by atoms with Gasteiger partial charge in [-0.2, -0.15) is 0 Å². The van der Waals surface area contributed by atoms with Gasteiger partial charge in [0.05, 0.1) is 55.2 Å². The Morgan fingerprint density at radius 3 is 1.07 bits per heavy atom. The number of hydrogen-bond donors (Lipinski definition) is 0. The molecule has 0 bridgehead atoms. The summed E-state index contributed by atoms with van der Waals surface area (Å²) in [6.07, 6.45) is 0. The Morgan fingerprint density at radius 2 is 0.617 bits per heavy atom. The fourth-order valence-electron chi connectivity index (χ4n) is 12.0. The smallest absolute Gasteiger partial charge is 0.0642 e. The van der Waals surface area contributed by atoms with Gasteiger partial charge < -0.3 is 17.9 Å². The van der Waals surface area contributed by atoms with Crippen LogP contribution in [0.25, 0.3) is 131 Å². The van der Waals surface area contributed by atoms with Gasteiger partial charge >= 0.3 is 0 Å². The zero-order chi connectivity index (χ0) is 39.1. The lowest BCUT2D eigenvalue weighted by Gasteiger charge is -2.11. The van der Waals surface area contributed by atoms with Crippen molar-refractivity contribution in [3.05, 3.63) is 181 Å². The van der Waals surface area contributed by atoms with Crippen molar-refractivity contribution in [2.45, 2.75) is 13.8 Å². The molecule has 6 heterocycles. The molecule has 0 N–H and O–H groups in total. The highest BCUT2D eigenvalue weighted by Gasteiger charge is 2.29. The lowest BCUT2D eigenvalue weighted by atomic mass is 9.96. The number of rotatable bonds is 2. The molecule has 0 fully saturated rings. The molecule has 0 aliphatic carbocycles. The van der Waals surface area contributed by atoms with E-state index in [-0.39, 0.29) is 0 Å². The molecule has 0 atom stereocenters. The molecular weight excluding hydrogens is 729 g/mol. The summed E-state index contributed by atoms with van der Waals surface area (Å²) in [6, 6.07) is 62.9. The maximum absolute atomic E-state index is 2.65. The van der Waals surface area contributed by atoms with Crippen LogP contribution in [0.1, 0.15) is 11.1 Å². The van der Waals surface area contributed by atoms with Crippen molar-refractivity contribution >= 4 is 120 Å². The van der Waals surface area contributed by atoms with Crippen LogP contribution in [0, 0.1) is 13.8 Å². The third-order valence-corrected chi connectivity index (χ3v) is 14.1. The van der Waals surface area contributed by atoms with Gasteiger partial charge in [0.2, 0.25) is 0 Å². The second-order valence-electron chi connectivity index (χ2n) is 16.9. The molecule has 0 spiro atoms. The van der Waals surface area contributed by atoms with Crippen LogP contribution in [0.5, 0.6) is 0 Å². The summed E-state index contributed by atoms with van der Waals surface area (Å²) in [5.74, 6) is 0. The minimum absolute atomic E-state index is 1.18. The molecule has 0 amide bonds. The highest BCUT2D eigenvalue weighted by atomic mass is 15.0. The average Bonchev–Trinajstić information content (AvgIpc) is 4.13. The van der Waals surface area contributed by atoms with Crippen LogP contribution in [0.2, 0.25) is 0 Å². The molecule has 15 aromatic rings. The van der Waals surface area contributed by atoms with Crippen LogP contribution >= 0.6 is 0 Å². The minimum Gasteiger partial charge on any atom is -0.309 e.